The average Bonchev–Trinajstić information content (AvgIpc) is 3.73. The zero-order chi connectivity index (χ0) is 29.5. The zero-order valence-corrected chi connectivity index (χ0v) is 23.7. The normalized spacial score (nSPS) is 18.8. The van der Waals surface area contributed by atoms with Crippen LogP contribution in [0.4, 0.5) is 0 Å². The Morgan fingerprint density at radius 2 is 1.71 bits per heavy atom. The molecule has 0 bridgehead atoms. The minimum Gasteiger partial charge on any atom is -0.454 e. The van der Waals surface area contributed by atoms with Crippen LogP contribution in [-0.4, -0.2) is 0 Å². The van der Waals surface area contributed by atoms with E-state index in [1.54, 1.807) is 0 Å². The molecule has 0 N–H and O–H groups in total. The summed E-state index contributed by atoms with van der Waals surface area (Å²) >= 11 is 0. The first-order valence-corrected chi connectivity index (χ1v) is 14.5. The third kappa shape index (κ3) is 2.89. The summed E-state index contributed by atoms with van der Waals surface area (Å²) in [6.07, 6.45) is 8.13. The zero-order valence-electron chi connectivity index (χ0n) is 25.7. The fourth-order valence-corrected chi connectivity index (χ4v) is 7.54. The van der Waals surface area contributed by atoms with Crippen molar-refractivity contribution in [3.63, 3.8) is 0 Å². The number of allylic oxidation sites excluding steroid dienone is 1. The van der Waals surface area contributed by atoms with Crippen molar-refractivity contribution >= 4 is 28.0 Å². The Bertz CT molecular complexity index is 2250. The van der Waals surface area contributed by atoms with Gasteiger partial charge < -0.3 is 4.42 Å². The smallest absolute Gasteiger partial charge is 0.417 e. The monoisotopic (exact) mass is 534 g/mol. The van der Waals surface area contributed by atoms with Crippen molar-refractivity contribution in [1.29, 1.82) is 0 Å². The fraction of sp³-hybridized carbons (Fsp3) is 0.211. The van der Waals surface area contributed by atoms with Gasteiger partial charge in [0, 0.05) is 42.8 Å². The van der Waals surface area contributed by atoms with Gasteiger partial charge in [0.05, 0.1) is 5.56 Å². The van der Waals surface area contributed by atoms with Gasteiger partial charge in [-0.3, -0.25) is 0 Å². The molecule has 3 nitrogen and oxygen atoms in total. The number of hydrogen-bond donors (Lipinski definition) is 0. The summed E-state index contributed by atoms with van der Waals surface area (Å²) < 4.78 is 30.1. The summed E-state index contributed by atoms with van der Waals surface area (Å²) in [4.78, 5) is 0. The number of fused-ring (bicyclic) bond motifs is 16. The summed E-state index contributed by atoms with van der Waals surface area (Å²) in [5.74, 6) is 0. The van der Waals surface area contributed by atoms with Gasteiger partial charge in [-0.1, -0.05) is 57.2 Å². The van der Waals surface area contributed by atoms with E-state index in [1.807, 2.05) is 26.8 Å². The minimum absolute atomic E-state index is 0.582. The van der Waals surface area contributed by atoms with Crippen LogP contribution in [-0.2, 0) is 18.5 Å². The van der Waals surface area contributed by atoms with Crippen LogP contribution in [0, 0.1) is 12.3 Å². The molecule has 41 heavy (non-hydrogen) atoms. The number of aromatic nitrogens is 2. The second-order valence-electron chi connectivity index (χ2n) is 12.8. The van der Waals surface area contributed by atoms with E-state index in [4.69, 9.17) is 4.42 Å². The number of aryl methyl sites for hydroxylation is 1. The molecule has 0 saturated heterocycles. The molecular weight excluding hydrogens is 500 g/mol. The third-order valence-electron chi connectivity index (χ3n) is 9.04. The van der Waals surface area contributed by atoms with Gasteiger partial charge in [0.1, 0.15) is 27.9 Å². The number of benzene rings is 3. The number of furan rings is 1. The molecule has 2 aliphatic heterocycles. The molecule has 0 amide bonds. The molecule has 1 atom stereocenters. The first-order valence-electron chi connectivity index (χ1n) is 15.5. The fourth-order valence-electron chi connectivity index (χ4n) is 7.54. The molecule has 0 saturated carbocycles. The van der Waals surface area contributed by atoms with Gasteiger partial charge in [0.25, 0.3) is 0 Å². The van der Waals surface area contributed by atoms with Crippen LogP contribution in [0.3, 0.4) is 0 Å². The van der Waals surface area contributed by atoms with Crippen molar-refractivity contribution in [1.82, 2.24) is 0 Å². The molecule has 0 radical (unpaired) electrons. The molecule has 3 aromatic carbocycles. The Morgan fingerprint density at radius 1 is 0.878 bits per heavy atom. The van der Waals surface area contributed by atoms with Gasteiger partial charge in [-0.25, -0.2) is 0 Å². The molecule has 3 aromatic heterocycles. The number of hydrogen-bond acceptors (Lipinski definition) is 1. The molecule has 6 aromatic rings. The maximum Gasteiger partial charge on any atom is 0.417 e. The van der Waals surface area contributed by atoms with Crippen molar-refractivity contribution in [3.8, 4) is 22.5 Å². The predicted molar refractivity (Wildman–Crippen MR) is 164 cm³/mol. The first-order chi connectivity index (χ1) is 20.6. The number of pyridine rings is 2. The molecular formula is C38H32N2O+2. The highest BCUT2D eigenvalue weighted by Gasteiger charge is 2.67. The van der Waals surface area contributed by atoms with E-state index in [0.717, 1.165) is 50.9 Å². The summed E-state index contributed by atoms with van der Waals surface area (Å²) in [5.41, 5.74) is 11.6. The molecule has 1 unspecified atom stereocenters. The Kier molecular flexibility index (Phi) is 3.95. The summed E-state index contributed by atoms with van der Waals surface area (Å²) in [6.45, 7) is 8.05. The maximum absolute atomic E-state index is 9.18. The van der Waals surface area contributed by atoms with E-state index in [1.165, 1.54) is 27.8 Å². The van der Waals surface area contributed by atoms with Crippen molar-refractivity contribution in [3.05, 3.63) is 125 Å². The number of rotatable bonds is 1. The molecule has 0 fully saturated rings. The molecule has 1 aliphatic carbocycles. The molecule has 9 rings (SSSR count). The third-order valence-corrected chi connectivity index (χ3v) is 9.04. The largest absolute Gasteiger partial charge is 0.454 e. The highest BCUT2D eigenvalue weighted by Crippen LogP contribution is 2.51. The topological polar surface area (TPSA) is 20.9 Å². The average molecular weight is 535 g/mol. The number of nitrogens with zero attached hydrogens (tertiary/aromatic N) is 2. The molecule has 1 spiro atoms. The van der Waals surface area contributed by atoms with Crippen LogP contribution in [0.1, 0.15) is 56.9 Å². The van der Waals surface area contributed by atoms with Gasteiger partial charge >= 0.3 is 5.66 Å². The minimum atomic E-state index is -1.54. The van der Waals surface area contributed by atoms with Gasteiger partial charge in [0.15, 0.2) is 12.4 Å². The van der Waals surface area contributed by atoms with Crippen molar-refractivity contribution in [2.45, 2.75) is 46.2 Å². The van der Waals surface area contributed by atoms with Crippen LogP contribution in [0.2, 0.25) is 0 Å². The van der Waals surface area contributed by atoms with Gasteiger partial charge in [-0.05, 0) is 66.6 Å². The first kappa shape index (κ1) is 21.3. The SMILES string of the molecule is [2H]C([2H])(c1cc[n+]2c(c1)-c1c(ccc3c1oc1c4c(ccc13)CC=C4)C21c2ccccc2-c2ccc(C)c[n+]21)C(C)(C)C. The summed E-state index contributed by atoms with van der Waals surface area (Å²) in [6, 6.07) is 26.1. The van der Waals surface area contributed by atoms with E-state index in [0.29, 0.717) is 5.56 Å². The van der Waals surface area contributed by atoms with Crippen molar-refractivity contribution in [2.24, 2.45) is 5.41 Å². The van der Waals surface area contributed by atoms with E-state index >= 15 is 0 Å². The lowest BCUT2D eigenvalue weighted by Crippen LogP contribution is -2.71. The molecule has 3 aliphatic rings. The van der Waals surface area contributed by atoms with Crippen molar-refractivity contribution in [2.75, 3.05) is 0 Å². The lowest BCUT2D eigenvalue weighted by molar-refractivity contribution is -0.955. The van der Waals surface area contributed by atoms with Crippen LogP contribution in [0.25, 0.3) is 50.5 Å². The van der Waals surface area contributed by atoms with Crippen LogP contribution in [0.5, 0.6) is 0 Å². The quantitative estimate of drug-likeness (QED) is 0.196. The second-order valence-corrected chi connectivity index (χ2v) is 12.8. The van der Waals surface area contributed by atoms with Crippen LogP contribution >= 0.6 is 0 Å². The Balaban J connectivity index is 1.47. The molecule has 5 heterocycles. The lowest BCUT2D eigenvalue weighted by atomic mass is 9.88. The molecule has 3 heteroatoms. The Labute approximate surface area is 242 Å². The lowest BCUT2D eigenvalue weighted by Gasteiger charge is -2.19. The van der Waals surface area contributed by atoms with Crippen LogP contribution in [0.15, 0.2) is 95.7 Å². The summed E-state index contributed by atoms with van der Waals surface area (Å²) in [5, 5.41) is 2.21. The van der Waals surface area contributed by atoms with Gasteiger partial charge in [-0.15, -0.1) is 9.13 Å². The summed E-state index contributed by atoms with van der Waals surface area (Å²) in [7, 11) is 0. The van der Waals surface area contributed by atoms with E-state index in [2.05, 4.69) is 107 Å². The predicted octanol–water partition coefficient (Wildman–Crippen LogP) is 7.89. The van der Waals surface area contributed by atoms with Gasteiger partial charge in [0.2, 0.25) is 11.4 Å². The van der Waals surface area contributed by atoms with E-state index < -0.39 is 17.5 Å². The maximum atomic E-state index is 9.18. The second kappa shape index (κ2) is 7.61. The Morgan fingerprint density at radius 3 is 2.59 bits per heavy atom. The highest BCUT2D eigenvalue weighted by atomic mass is 16.3. The molecule has 198 valence electrons. The van der Waals surface area contributed by atoms with Crippen molar-refractivity contribution < 1.29 is 16.3 Å². The Hall–Kier alpha value is -4.50. The van der Waals surface area contributed by atoms with E-state index in [9.17, 15) is 2.74 Å². The van der Waals surface area contributed by atoms with E-state index in [-0.39, 0.29) is 0 Å². The van der Waals surface area contributed by atoms with Gasteiger partial charge in [-0.2, -0.15) is 0 Å². The standard InChI is InChI=1S/C38H32N2O/c1-23-12-17-32-29-9-5-6-11-30(29)38(40(32)22-23)31-16-15-28-27-14-13-25-8-7-10-26(25)35(27)41-36(28)34(31)33-20-24(18-19-39(33)38)21-37(2,3)4/h5-7,9-20,22H,8,21H2,1-4H3/q+2/i21D2. The highest BCUT2D eigenvalue weighted by molar-refractivity contribution is 6.12. The van der Waals surface area contributed by atoms with Crippen LogP contribution < -0.4 is 9.13 Å².